The number of likely N-dealkylation sites (N-methyl/N-ethyl adjacent to an activating group) is 2. The van der Waals surface area contributed by atoms with Crippen LogP contribution >= 0.6 is 23.5 Å². The SMILES string of the molecule is C=CC(=O)Nc1cccc(C(=O)Nc2ccc(Nc3nccc(/C(C#N)=C4/Nc5ccccc5S4)n3)cc2)c1.CN(C)C/C=C/C(=O)Nc1cccc(C(=O)Nc2ccc(Nc3nccc(-c4c(-c5ccccc5)nn5ccccc45)n3)cc2)c1.CN(C)C/C=C/C(=O)Nc1cccc(C(=O)Nc2ccc(Nc3nccc(/C(C#N)=C4/Nc5ccccc5S4)n3)cc2)c1. The molecule has 2 aliphatic rings. The lowest BCUT2D eigenvalue weighted by Gasteiger charge is -2.10. The number of nitriles is 2. The number of hydrogen-bond acceptors (Lipinski definition) is 24. The fourth-order valence-electron chi connectivity index (χ4n) is 12.7. The first kappa shape index (κ1) is 87.4. The number of nitrogens with zero attached hydrogens (tertiary/aromatic N) is 12. The third kappa shape index (κ3) is 23.6. The molecule has 0 fully saturated rings. The van der Waals surface area contributed by atoms with Gasteiger partial charge in [0.15, 0.2) is 0 Å². The maximum atomic E-state index is 13.0. The second kappa shape index (κ2) is 42.2. The first-order chi connectivity index (χ1) is 62.3. The molecule has 0 radical (unpaired) electrons. The summed E-state index contributed by atoms with van der Waals surface area (Å²) in [6.45, 7) is 4.72. The Hall–Kier alpha value is -17.0. The third-order valence-corrected chi connectivity index (χ3v) is 20.9. The van der Waals surface area contributed by atoms with Crippen molar-refractivity contribution in [1.82, 2.24) is 49.3 Å². The number of aromatic nitrogens is 8. The Morgan fingerprint density at radius 2 is 0.812 bits per heavy atom. The van der Waals surface area contributed by atoms with E-state index in [2.05, 4.69) is 102 Å². The van der Waals surface area contributed by atoms with E-state index in [4.69, 9.17) is 10.1 Å². The second-order valence-electron chi connectivity index (χ2n) is 28.7. The van der Waals surface area contributed by atoms with Gasteiger partial charge in [0, 0.05) is 133 Å². The summed E-state index contributed by atoms with van der Waals surface area (Å²) in [4.78, 5) is 107. The normalized spacial score (nSPS) is 12.3. The van der Waals surface area contributed by atoms with Crippen LogP contribution in [0.5, 0.6) is 0 Å². The van der Waals surface area contributed by atoms with Crippen molar-refractivity contribution < 1.29 is 28.8 Å². The minimum atomic E-state index is -0.356. The zero-order valence-corrected chi connectivity index (χ0v) is 70.9. The van der Waals surface area contributed by atoms with Crippen molar-refractivity contribution in [3.63, 3.8) is 0 Å². The number of carbonyl (C=O) groups is 6. The first-order valence-electron chi connectivity index (χ1n) is 39.8. The summed E-state index contributed by atoms with van der Waals surface area (Å²) in [6, 6.07) is 83.0. The van der Waals surface area contributed by atoms with Crippen molar-refractivity contribution in [2.75, 3.05) is 99.8 Å². The van der Waals surface area contributed by atoms with Crippen molar-refractivity contribution in [3.8, 4) is 34.7 Å². The van der Waals surface area contributed by atoms with Crippen LogP contribution < -0.4 is 58.5 Å². The molecule has 6 amide bonds. The standard InChI is InChI=1S/C36H32N8O2.C32H28N8O2S.C29H21N7O2S/c1-43(2)22-9-15-32(45)38-29-13-8-12-26(24-29)35(46)39-27-16-18-28(19-17-27)40-36-37-21-20-30(41-36)33-31-14-6-7-23-44(31)42-34(33)25-10-4-3-5-11-25;1-40(2)18-6-11-29(41)35-24-8-5-7-21(19-24)30(42)36-22-12-14-23(15-13-22)37-32-34-17-16-26(39-32)25(20-33)31-38-27-9-3-4-10-28(27)43-31;1-2-26(37)32-21-7-5-6-18(16-21)27(38)33-19-10-12-20(13-11-19)34-29-31-15-14-23(36-29)22(17-30)28-35-24-8-3-4-9-25(24)39-28/h3-21,23-24H,22H2,1-2H3,(H,38,45)(H,39,46)(H,37,40,41);3-17,19,38H,18H2,1-2H3,(H,35,41)(H,36,42)(H,34,37,39);2-16,35H,1H2,(H,32,37)(H,33,38)(H,31,34,36)/b15-9+;11-6+,31-25-;28-22-. The topological polar surface area (TPSA) is 383 Å². The summed E-state index contributed by atoms with van der Waals surface area (Å²) >= 11 is 2.98. The molecule has 632 valence electrons. The summed E-state index contributed by atoms with van der Waals surface area (Å²) < 4.78 is 1.86. The number of hydrogen-bond donors (Lipinski definition) is 11. The molecule has 2 aliphatic heterocycles. The number of anilines is 14. The fraction of sp³-hybridized carbons (Fsp3) is 0.0619. The van der Waals surface area contributed by atoms with E-state index in [0.29, 0.717) is 116 Å². The summed E-state index contributed by atoms with van der Waals surface area (Å²) in [5, 5.41) is 58.9. The lowest BCUT2D eigenvalue weighted by atomic mass is 10.0. The van der Waals surface area contributed by atoms with Gasteiger partial charge in [0.1, 0.15) is 29.0 Å². The highest BCUT2D eigenvalue weighted by Crippen LogP contribution is 2.45. The number of fused-ring (bicyclic) bond motifs is 3. The molecule has 0 saturated carbocycles. The molecule has 29 nitrogen and oxygen atoms in total. The Morgan fingerprint density at radius 3 is 1.23 bits per heavy atom. The molecule has 9 aromatic carbocycles. The predicted molar refractivity (Wildman–Crippen MR) is 506 cm³/mol. The maximum absolute atomic E-state index is 13.0. The molecule has 7 heterocycles. The number of thioether (sulfide) groups is 2. The van der Waals surface area contributed by atoms with Crippen LogP contribution in [0.15, 0.2) is 342 Å². The molecule has 0 aliphatic carbocycles. The van der Waals surface area contributed by atoms with Gasteiger partial charge in [-0.2, -0.15) is 15.6 Å². The summed E-state index contributed by atoms with van der Waals surface area (Å²) in [5.74, 6) is -0.713. The second-order valence-corrected chi connectivity index (χ2v) is 30.8. The molecule has 128 heavy (non-hydrogen) atoms. The largest absolute Gasteiger partial charge is 0.348 e. The van der Waals surface area contributed by atoms with E-state index < -0.39 is 0 Å². The minimum Gasteiger partial charge on any atom is -0.348 e. The summed E-state index contributed by atoms with van der Waals surface area (Å²) in [6.07, 6.45) is 14.5. The van der Waals surface area contributed by atoms with E-state index in [0.717, 1.165) is 71.0 Å². The number of allylic oxidation sites excluding steroid dienone is 2. The fourth-order valence-corrected chi connectivity index (χ4v) is 14.7. The highest BCUT2D eigenvalue weighted by molar-refractivity contribution is 8.04. The van der Waals surface area contributed by atoms with Crippen LogP contribution in [-0.2, 0) is 14.4 Å². The smallest absolute Gasteiger partial charge is 0.255 e. The molecular weight excluding hydrogens is 1650 g/mol. The Morgan fingerprint density at radius 1 is 0.422 bits per heavy atom. The number of amides is 6. The Labute approximate surface area is 745 Å². The third-order valence-electron chi connectivity index (χ3n) is 18.7. The van der Waals surface area contributed by atoms with Gasteiger partial charge in [-0.15, -0.1) is 0 Å². The lowest BCUT2D eigenvalue weighted by Crippen LogP contribution is -2.14. The van der Waals surface area contributed by atoms with Crippen LogP contribution in [0.3, 0.4) is 0 Å². The number of para-hydroxylation sites is 2. The van der Waals surface area contributed by atoms with E-state index in [1.807, 2.05) is 164 Å². The Kier molecular flexibility index (Phi) is 28.8. The molecule has 0 atom stereocenters. The van der Waals surface area contributed by atoms with Crippen LogP contribution in [-0.4, -0.2) is 126 Å². The van der Waals surface area contributed by atoms with Crippen molar-refractivity contribution in [2.24, 2.45) is 0 Å². The zero-order valence-electron chi connectivity index (χ0n) is 69.3. The van der Waals surface area contributed by atoms with Gasteiger partial charge < -0.3 is 68.3 Å². The van der Waals surface area contributed by atoms with E-state index in [9.17, 15) is 39.3 Å². The van der Waals surface area contributed by atoms with Gasteiger partial charge in [0.05, 0.1) is 49.6 Å². The average molecular weight is 1730 g/mol. The summed E-state index contributed by atoms with van der Waals surface area (Å²) in [7, 11) is 7.68. The molecule has 0 bridgehead atoms. The molecule has 0 saturated heterocycles. The molecular formula is C97H81N23O6S2. The van der Waals surface area contributed by atoms with Gasteiger partial charge in [-0.3, -0.25) is 28.8 Å². The highest BCUT2D eigenvalue weighted by atomic mass is 32.2. The van der Waals surface area contributed by atoms with Crippen LogP contribution in [0.4, 0.5) is 80.4 Å². The minimum absolute atomic E-state index is 0.257. The lowest BCUT2D eigenvalue weighted by molar-refractivity contribution is -0.112. The van der Waals surface area contributed by atoms with Crippen LogP contribution in [0.2, 0.25) is 0 Å². The monoisotopic (exact) mass is 1730 g/mol. The van der Waals surface area contributed by atoms with Crippen molar-refractivity contribution in [2.45, 2.75) is 9.79 Å². The summed E-state index contributed by atoms with van der Waals surface area (Å²) in [5.41, 5.74) is 14.9. The average Bonchev–Trinajstić information content (AvgIpc) is 1.61. The molecule has 16 rings (SSSR count). The van der Waals surface area contributed by atoms with Crippen LogP contribution in [0.25, 0.3) is 39.2 Å². The van der Waals surface area contributed by atoms with Crippen molar-refractivity contribution >= 4 is 156 Å². The first-order valence-corrected chi connectivity index (χ1v) is 41.4. The van der Waals surface area contributed by atoms with Crippen molar-refractivity contribution in [3.05, 3.63) is 361 Å². The molecule has 5 aromatic heterocycles. The number of nitrogens with one attached hydrogen (secondary N) is 11. The molecule has 14 aromatic rings. The van der Waals surface area contributed by atoms with E-state index in [1.165, 1.54) is 35.7 Å². The van der Waals surface area contributed by atoms with Crippen LogP contribution in [0, 0.1) is 22.7 Å². The molecule has 0 spiro atoms. The van der Waals surface area contributed by atoms with Gasteiger partial charge in [-0.1, -0.05) is 121 Å². The van der Waals surface area contributed by atoms with Gasteiger partial charge in [-0.25, -0.2) is 34.4 Å². The molecule has 0 unspecified atom stereocenters. The highest BCUT2D eigenvalue weighted by Gasteiger charge is 2.25. The molecule has 31 heteroatoms. The Balaban J connectivity index is 0.000000156. The number of carbonyl (C=O) groups excluding carboxylic acids is 6. The number of benzene rings is 9. The van der Waals surface area contributed by atoms with E-state index >= 15 is 0 Å². The van der Waals surface area contributed by atoms with Gasteiger partial charge in [0.25, 0.3) is 17.7 Å². The van der Waals surface area contributed by atoms with E-state index in [-0.39, 0.29) is 35.4 Å². The van der Waals surface area contributed by atoms with Gasteiger partial charge in [0.2, 0.25) is 35.6 Å². The van der Waals surface area contributed by atoms with Gasteiger partial charge in [-0.05, 0) is 216 Å². The van der Waals surface area contributed by atoms with E-state index in [1.54, 1.807) is 176 Å². The quantitative estimate of drug-likeness (QED) is 0.0177. The maximum Gasteiger partial charge on any atom is 0.255 e. The van der Waals surface area contributed by atoms with Gasteiger partial charge >= 0.3 is 0 Å². The predicted octanol–water partition coefficient (Wildman–Crippen LogP) is 18.5. The van der Waals surface area contributed by atoms with Crippen LogP contribution in [0.1, 0.15) is 42.5 Å². The molecule has 11 N–H and O–H groups in total. The number of pyridine rings is 1. The zero-order chi connectivity index (χ0) is 89.3. The van der Waals surface area contributed by atoms with Crippen molar-refractivity contribution in [1.29, 1.82) is 10.5 Å². The number of rotatable bonds is 26. The Bertz CT molecular complexity index is 6650.